The van der Waals surface area contributed by atoms with Gasteiger partial charge in [-0.15, -0.1) is 0 Å². The number of anilines is 1. The molecule has 174 valence electrons. The van der Waals surface area contributed by atoms with Crippen LogP contribution in [0.15, 0.2) is 82.3 Å². The highest BCUT2D eigenvalue weighted by atomic mass is 79.9. The van der Waals surface area contributed by atoms with Gasteiger partial charge in [0.2, 0.25) is 0 Å². The predicted molar refractivity (Wildman–Crippen MR) is 143 cm³/mol. The Morgan fingerprint density at radius 3 is 2.74 bits per heavy atom. The van der Waals surface area contributed by atoms with Crippen molar-refractivity contribution < 1.29 is 9.47 Å². The molecule has 5 rings (SSSR count). The van der Waals surface area contributed by atoms with Gasteiger partial charge in [-0.05, 0) is 81.7 Å². The van der Waals surface area contributed by atoms with Crippen LogP contribution in [0.3, 0.4) is 0 Å². The molecule has 0 spiro atoms. The minimum atomic E-state index is 0.295. The van der Waals surface area contributed by atoms with Crippen molar-refractivity contribution in [2.24, 2.45) is 10.9 Å². The number of methoxy groups -OCH3 is 1. The molecule has 0 radical (unpaired) electrons. The van der Waals surface area contributed by atoms with E-state index >= 15 is 0 Å². The van der Waals surface area contributed by atoms with Gasteiger partial charge in [0.1, 0.15) is 0 Å². The van der Waals surface area contributed by atoms with Crippen molar-refractivity contribution >= 4 is 33.5 Å². The van der Waals surface area contributed by atoms with Crippen molar-refractivity contribution in [3.63, 3.8) is 0 Å². The van der Waals surface area contributed by atoms with E-state index in [9.17, 15) is 0 Å². The summed E-state index contributed by atoms with van der Waals surface area (Å²) in [5, 5.41) is 3.79. The summed E-state index contributed by atoms with van der Waals surface area (Å²) in [4.78, 5) is 4.70. The molecule has 4 nitrogen and oxygen atoms in total. The highest BCUT2D eigenvalue weighted by Crippen LogP contribution is 2.49. The smallest absolute Gasteiger partial charge is 0.175 e. The first kappa shape index (κ1) is 22.7. The van der Waals surface area contributed by atoms with Crippen molar-refractivity contribution in [3.8, 4) is 11.5 Å². The lowest BCUT2D eigenvalue weighted by Crippen LogP contribution is -2.28. The number of rotatable bonds is 7. The average molecular weight is 517 g/mol. The Balaban J connectivity index is 1.34. The summed E-state index contributed by atoms with van der Waals surface area (Å²) in [5.41, 5.74) is 5.82. The van der Waals surface area contributed by atoms with Crippen LogP contribution >= 0.6 is 15.9 Å². The quantitative estimate of drug-likeness (QED) is 0.257. The van der Waals surface area contributed by atoms with Gasteiger partial charge in [-0.1, -0.05) is 49.4 Å². The number of hydrogen-bond donors (Lipinski definition) is 1. The van der Waals surface area contributed by atoms with E-state index in [-0.39, 0.29) is 0 Å². The molecule has 0 bridgehead atoms. The first-order valence-corrected chi connectivity index (χ1v) is 12.6. The van der Waals surface area contributed by atoms with E-state index in [1.165, 1.54) is 16.8 Å². The minimum Gasteiger partial charge on any atom is -0.493 e. The largest absolute Gasteiger partial charge is 0.493 e. The summed E-state index contributed by atoms with van der Waals surface area (Å²) in [5.74, 6) is 2.45. The minimum absolute atomic E-state index is 0.295. The number of hydrogen-bond acceptors (Lipinski definition) is 4. The first-order chi connectivity index (χ1) is 16.7. The Morgan fingerprint density at radius 1 is 1.12 bits per heavy atom. The second-order valence-corrected chi connectivity index (χ2v) is 9.65. The van der Waals surface area contributed by atoms with Gasteiger partial charge in [0.05, 0.1) is 29.9 Å². The number of aliphatic imine (C=N–C) groups is 1. The lowest BCUT2D eigenvalue weighted by molar-refractivity contribution is 0.292. The Labute approximate surface area is 209 Å². The zero-order valence-electron chi connectivity index (χ0n) is 19.5. The number of fused-ring (bicyclic) bond motifs is 3. The molecule has 0 fully saturated rings. The molecule has 1 aliphatic carbocycles. The number of allylic oxidation sites excluding steroid dienone is 2. The van der Waals surface area contributed by atoms with Gasteiger partial charge in [0.15, 0.2) is 11.5 Å². The summed E-state index contributed by atoms with van der Waals surface area (Å²) in [6.07, 6.45) is 8.61. The third kappa shape index (κ3) is 4.49. The van der Waals surface area contributed by atoms with E-state index < -0.39 is 0 Å². The third-order valence-corrected chi connectivity index (χ3v) is 7.18. The van der Waals surface area contributed by atoms with E-state index in [4.69, 9.17) is 14.5 Å². The van der Waals surface area contributed by atoms with Crippen LogP contribution in [0.4, 0.5) is 11.4 Å². The summed E-state index contributed by atoms with van der Waals surface area (Å²) in [6.45, 7) is 2.73. The number of benzene rings is 3. The number of ether oxygens (including phenoxy) is 2. The third-order valence-electron chi connectivity index (χ3n) is 6.59. The molecule has 1 heterocycles. The van der Waals surface area contributed by atoms with Gasteiger partial charge in [-0.2, -0.15) is 0 Å². The zero-order chi connectivity index (χ0) is 23.5. The fourth-order valence-electron chi connectivity index (χ4n) is 4.95. The molecule has 0 saturated heterocycles. The molecule has 1 aliphatic heterocycles. The molecule has 5 heteroatoms. The molecular weight excluding hydrogens is 488 g/mol. The maximum atomic E-state index is 5.82. The standard InChI is InChI=1S/C29H29BrN2O2/c1-3-15-34-29-25(30)16-19(17-27(29)33-2)18-31-21-13-11-20(12-14-21)28-24-9-6-8-22(24)23-7-4-5-10-26(23)32-28/h4-8,10-14,16-18,22,24,28,32H,3,9,15H2,1-2H3/t22-,24-,28-/m0/s1. The normalized spacial score (nSPS) is 20.6. The lowest BCUT2D eigenvalue weighted by Gasteiger charge is -2.37. The summed E-state index contributed by atoms with van der Waals surface area (Å²) < 4.78 is 12.2. The van der Waals surface area contributed by atoms with Gasteiger partial charge in [-0.25, -0.2) is 0 Å². The van der Waals surface area contributed by atoms with E-state index in [1.807, 2.05) is 18.3 Å². The molecule has 0 aromatic heterocycles. The van der Waals surface area contributed by atoms with E-state index in [0.29, 0.717) is 30.2 Å². The van der Waals surface area contributed by atoms with Crippen LogP contribution in [0, 0.1) is 5.92 Å². The summed E-state index contributed by atoms with van der Waals surface area (Å²) in [6, 6.07) is 21.5. The Hall–Kier alpha value is -3.05. The second kappa shape index (κ2) is 10.1. The van der Waals surface area contributed by atoms with Crippen molar-refractivity contribution in [1.82, 2.24) is 0 Å². The SMILES string of the molecule is CCCOc1c(Br)cc(C=Nc2ccc([C@@H]3Nc4ccccc4[C@@H]4C=CC[C@@H]43)cc2)cc1OC. The second-order valence-electron chi connectivity index (χ2n) is 8.80. The maximum absolute atomic E-state index is 5.82. The van der Waals surface area contributed by atoms with E-state index in [0.717, 1.165) is 34.3 Å². The van der Waals surface area contributed by atoms with Gasteiger partial charge in [0.25, 0.3) is 0 Å². The zero-order valence-corrected chi connectivity index (χ0v) is 21.1. The number of nitrogens with zero attached hydrogens (tertiary/aromatic N) is 1. The molecule has 34 heavy (non-hydrogen) atoms. The number of nitrogens with one attached hydrogen (secondary N) is 1. The lowest BCUT2D eigenvalue weighted by atomic mass is 9.77. The van der Waals surface area contributed by atoms with Crippen LogP contribution in [0.25, 0.3) is 0 Å². The molecule has 3 aromatic rings. The highest BCUT2D eigenvalue weighted by molar-refractivity contribution is 9.10. The Bertz CT molecular complexity index is 1220. The molecule has 0 saturated carbocycles. The van der Waals surface area contributed by atoms with Crippen LogP contribution in [0.2, 0.25) is 0 Å². The van der Waals surface area contributed by atoms with Gasteiger partial charge in [-0.3, -0.25) is 4.99 Å². The fraction of sp³-hybridized carbons (Fsp3) is 0.276. The fourth-order valence-corrected chi connectivity index (χ4v) is 5.52. The van der Waals surface area contributed by atoms with Crippen LogP contribution in [-0.4, -0.2) is 19.9 Å². The Kier molecular flexibility index (Phi) is 6.73. The first-order valence-electron chi connectivity index (χ1n) is 11.8. The molecule has 0 unspecified atom stereocenters. The van der Waals surface area contributed by atoms with Crippen LogP contribution in [0.5, 0.6) is 11.5 Å². The monoisotopic (exact) mass is 516 g/mol. The van der Waals surface area contributed by atoms with Gasteiger partial charge < -0.3 is 14.8 Å². The van der Waals surface area contributed by atoms with E-state index in [1.54, 1.807) is 7.11 Å². The molecule has 3 atom stereocenters. The van der Waals surface area contributed by atoms with Crippen LogP contribution in [-0.2, 0) is 0 Å². The molecule has 1 N–H and O–H groups in total. The van der Waals surface area contributed by atoms with Crippen molar-refractivity contribution in [2.45, 2.75) is 31.7 Å². The highest BCUT2D eigenvalue weighted by Gasteiger charge is 2.37. The van der Waals surface area contributed by atoms with Crippen molar-refractivity contribution in [2.75, 3.05) is 19.0 Å². The number of para-hydroxylation sites is 1. The van der Waals surface area contributed by atoms with Crippen LogP contribution < -0.4 is 14.8 Å². The average Bonchev–Trinajstić information content (AvgIpc) is 3.37. The Morgan fingerprint density at radius 2 is 1.94 bits per heavy atom. The van der Waals surface area contributed by atoms with Gasteiger partial charge >= 0.3 is 0 Å². The topological polar surface area (TPSA) is 42.8 Å². The molecular formula is C29H29BrN2O2. The summed E-state index contributed by atoms with van der Waals surface area (Å²) in [7, 11) is 1.66. The molecule has 3 aromatic carbocycles. The molecule has 0 amide bonds. The van der Waals surface area contributed by atoms with Crippen molar-refractivity contribution in [3.05, 3.63) is 94.0 Å². The number of halogens is 1. The van der Waals surface area contributed by atoms with Crippen molar-refractivity contribution in [1.29, 1.82) is 0 Å². The maximum Gasteiger partial charge on any atom is 0.175 e. The predicted octanol–water partition coefficient (Wildman–Crippen LogP) is 7.82. The van der Waals surface area contributed by atoms with E-state index in [2.05, 4.69) is 88.9 Å². The molecule has 2 aliphatic rings. The summed E-state index contributed by atoms with van der Waals surface area (Å²) >= 11 is 3.60. The van der Waals surface area contributed by atoms with Gasteiger partial charge in [0, 0.05) is 17.8 Å². The van der Waals surface area contributed by atoms with Crippen LogP contribution in [0.1, 0.15) is 48.4 Å².